The molecule has 0 amide bonds. The van der Waals surface area contributed by atoms with Crippen molar-refractivity contribution in [3.63, 3.8) is 0 Å². The molecule has 1 fully saturated rings. The number of halogens is 1. The molecule has 2 aromatic heterocycles. The number of rotatable bonds is 4. The summed E-state index contributed by atoms with van der Waals surface area (Å²) in [5, 5.41) is 6.89. The number of aromatic nitrogens is 2. The summed E-state index contributed by atoms with van der Waals surface area (Å²) in [4.78, 5) is 12.0. The predicted octanol–water partition coefficient (Wildman–Crippen LogP) is 3.63. The van der Waals surface area contributed by atoms with Gasteiger partial charge in [0.15, 0.2) is 0 Å². The van der Waals surface area contributed by atoms with Crippen molar-refractivity contribution in [3.05, 3.63) is 16.7 Å². The molecule has 0 spiro atoms. The molecular formula is C14H19ClN4S. The van der Waals surface area contributed by atoms with E-state index in [0.29, 0.717) is 11.3 Å². The molecule has 0 radical (unpaired) electrons. The van der Waals surface area contributed by atoms with Gasteiger partial charge in [0.25, 0.3) is 0 Å². The predicted molar refractivity (Wildman–Crippen MR) is 85.8 cm³/mol. The first-order valence-electron chi connectivity index (χ1n) is 7.12. The van der Waals surface area contributed by atoms with Crippen LogP contribution in [0, 0.1) is 0 Å². The van der Waals surface area contributed by atoms with Crippen molar-refractivity contribution in [3.8, 4) is 0 Å². The van der Waals surface area contributed by atoms with Crippen LogP contribution < -0.4 is 5.32 Å². The van der Waals surface area contributed by atoms with Crippen LogP contribution in [0.2, 0.25) is 5.28 Å². The van der Waals surface area contributed by atoms with Crippen molar-refractivity contribution in [1.29, 1.82) is 0 Å². The highest BCUT2D eigenvalue weighted by atomic mass is 35.5. The average Bonchev–Trinajstić information content (AvgIpc) is 2.88. The van der Waals surface area contributed by atoms with Crippen molar-refractivity contribution >= 4 is 39.0 Å². The smallest absolute Gasteiger partial charge is 0.225 e. The maximum atomic E-state index is 5.99. The lowest BCUT2D eigenvalue weighted by molar-refractivity contribution is 0.223. The SMILES string of the molecule is CC(CN1CCCCC1)Nc1nc(Cl)nc2sccc12. The lowest BCUT2D eigenvalue weighted by Gasteiger charge is -2.29. The van der Waals surface area contributed by atoms with Gasteiger partial charge in [0.2, 0.25) is 5.28 Å². The quantitative estimate of drug-likeness (QED) is 0.876. The number of hydrogen-bond acceptors (Lipinski definition) is 5. The molecule has 20 heavy (non-hydrogen) atoms. The van der Waals surface area contributed by atoms with Crippen LogP contribution in [-0.4, -0.2) is 40.5 Å². The molecule has 1 aliphatic heterocycles. The van der Waals surface area contributed by atoms with Crippen LogP contribution in [0.3, 0.4) is 0 Å². The molecular weight excluding hydrogens is 292 g/mol. The van der Waals surface area contributed by atoms with E-state index in [2.05, 4.69) is 27.1 Å². The number of nitrogens with zero attached hydrogens (tertiary/aromatic N) is 3. The molecule has 4 nitrogen and oxygen atoms in total. The van der Waals surface area contributed by atoms with Gasteiger partial charge in [-0.2, -0.15) is 0 Å². The Hall–Kier alpha value is -0.910. The monoisotopic (exact) mass is 310 g/mol. The molecule has 108 valence electrons. The van der Waals surface area contributed by atoms with Gasteiger partial charge < -0.3 is 10.2 Å². The molecule has 1 atom stereocenters. The summed E-state index contributed by atoms with van der Waals surface area (Å²) >= 11 is 7.58. The minimum atomic E-state index is 0.313. The molecule has 1 aliphatic rings. The summed E-state index contributed by atoms with van der Waals surface area (Å²) < 4.78 is 0. The molecule has 3 heterocycles. The van der Waals surface area contributed by atoms with E-state index in [1.54, 1.807) is 11.3 Å². The molecule has 1 N–H and O–H groups in total. The number of nitrogens with one attached hydrogen (secondary N) is 1. The van der Waals surface area contributed by atoms with Gasteiger partial charge in [0.05, 0.1) is 5.39 Å². The Morgan fingerprint density at radius 1 is 1.35 bits per heavy atom. The first kappa shape index (κ1) is 14.0. The maximum Gasteiger partial charge on any atom is 0.225 e. The van der Waals surface area contributed by atoms with E-state index in [0.717, 1.165) is 22.6 Å². The third kappa shape index (κ3) is 3.22. The zero-order chi connectivity index (χ0) is 13.9. The Morgan fingerprint density at radius 2 is 2.15 bits per heavy atom. The highest BCUT2D eigenvalue weighted by molar-refractivity contribution is 7.16. The van der Waals surface area contributed by atoms with Crippen LogP contribution in [0.4, 0.5) is 5.82 Å². The van der Waals surface area contributed by atoms with Crippen LogP contribution in [0.15, 0.2) is 11.4 Å². The topological polar surface area (TPSA) is 41.0 Å². The van der Waals surface area contributed by atoms with E-state index in [4.69, 9.17) is 11.6 Å². The molecule has 3 rings (SSSR count). The second-order valence-electron chi connectivity index (χ2n) is 5.39. The molecule has 0 aromatic carbocycles. The number of anilines is 1. The van der Waals surface area contributed by atoms with Crippen molar-refractivity contribution in [2.45, 2.75) is 32.2 Å². The molecule has 1 saturated heterocycles. The standard InChI is InChI=1S/C14H19ClN4S/c1-10(9-19-6-3-2-4-7-19)16-12-11-5-8-20-13(11)18-14(15)17-12/h5,8,10H,2-4,6-7,9H2,1H3,(H,16,17,18). The second kappa shape index (κ2) is 6.24. The number of thiophene rings is 1. The van der Waals surface area contributed by atoms with E-state index in [1.807, 2.05) is 11.4 Å². The molecule has 6 heteroatoms. The Labute approximate surface area is 128 Å². The molecule has 1 unspecified atom stereocenters. The highest BCUT2D eigenvalue weighted by Gasteiger charge is 2.15. The zero-order valence-electron chi connectivity index (χ0n) is 11.6. The first-order valence-corrected chi connectivity index (χ1v) is 8.38. The van der Waals surface area contributed by atoms with Gasteiger partial charge in [-0.25, -0.2) is 9.97 Å². The summed E-state index contributed by atoms with van der Waals surface area (Å²) in [6.07, 6.45) is 4.01. The van der Waals surface area contributed by atoms with Gasteiger partial charge in [-0.1, -0.05) is 6.42 Å². The fourth-order valence-corrected chi connectivity index (χ4v) is 3.73. The molecule has 0 aliphatic carbocycles. The highest BCUT2D eigenvalue weighted by Crippen LogP contribution is 2.26. The van der Waals surface area contributed by atoms with Crippen LogP contribution >= 0.6 is 22.9 Å². The van der Waals surface area contributed by atoms with Crippen LogP contribution in [0.25, 0.3) is 10.2 Å². The number of likely N-dealkylation sites (tertiary alicyclic amines) is 1. The van der Waals surface area contributed by atoms with E-state index < -0.39 is 0 Å². The fraction of sp³-hybridized carbons (Fsp3) is 0.571. The number of fused-ring (bicyclic) bond motifs is 1. The Kier molecular flexibility index (Phi) is 4.38. The lowest BCUT2D eigenvalue weighted by atomic mass is 10.1. The number of hydrogen-bond donors (Lipinski definition) is 1. The summed E-state index contributed by atoms with van der Waals surface area (Å²) in [5.74, 6) is 0.853. The van der Waals surface area contributed by atoms with E-state index in [-0.39, 0.29) is 0 Å². The minimum Gasteiger partial charge on any atom is -0.366 e. The summed E-state index contributed by atoms with van der Waals surface area (Å²) in [6, 6.07) is 2.40. The van der Waals surface area contributed by atoms with Crippen LogP contribution in [0.5, 0.6) is 0 Å². The first-order chi connectivity index (χ1) is 9.72. The zero-order valence-corrected chi connectivity index (χ0v) is 13.2. The third-order valence-electron chi connectivity index (χ3n) is 3.66. The summed E-state index contributed by atoms with van der Waals surface area (Å²) in [5.41, 5.74) is 0. The van der Waals surface area contributed by atoms with Gasteiger partial charge in [-0.3, -0.25) is 0 Å². The minimum absolute atomic E-state index is 0.313. The van der Waals surface area contributed by atoms with Crippen molar-refractivity contribution in [2.75, 3.05) is 25.0 Å². The largest absolute Gasteiger partial charge is 0.366 e. The van der Waals surface area contributed by atoms with Gasteiger partial charge in [0, 0.05) is 12.6 Å². The molecule has 2 aromatic rings. The van der Waals surface area contributed by atoms with Gasteiger partial charge >= 0.3 is 0 Å². The van der Waals surface area contributed by atoms with Gasteiger partial charge in [-0.15, -0.1) is 11.3 Å². The van der Waals surface area contributed by atoms with E-state index >= 15 is 0 Å². The molecule has 0 saturated carbocycles. The average molecular weight is 311 g/mol. The Bertz CT molecular complexity index is 580. The Morgan fingerprint density at radius 3 is 2.95 bits per heavy atom. The fourth-order valence-electron chi connectivity index (χ4n) is 2.75. The summed E-state index contributed by atoms with van der Waals surface area (Å²) in [6.45, 7) is 5.67. The Balaban J connectivity index is 1.70. The maximum absolute atomic E-state index is 5.99. The van der Waals surface area contributed by atoms with Crippen molar-refractivity contribution in [2.24, 2.45) is 0 Å². The third-order valence-corrected chi connectivity index (χ3v) is 4.64. The van der Waals surface area contributed by atoms with Gasteiger partial charge in [-0.05, 0) is 55.9 Å². The van der Waals surface area contributed by atoms with Crippen LogP contribution in [0.1, 0.15) is 26.2 Å². The normalized spacial score (nSPS) is 18.3. The van der Waals surface area contributed by atoms with Gasteiger partial charge in [0.1, 0.15) is 10.6 Å². The number of piperidine rings is 1. The molecule has 0 bridgehead atoms. The van der Waals surface area contributed by atoms with E-state index in [1.165, 1.54) is 32.4 Å². The second-order valence-corrected chi connectivity index (χ2v) is 6.62. The van der Waals surface area contributed by atoms with Crippen molar-refractivity contribution in [1.82, 2.24) is 14.9 Å². The van der Waals surface area contributed by atoms with Crippen molar-refractivity contribution < 1.29 is 0 Å². The lowest BCUT2D eigenvalue weighted by Crippen LogP contribution is -2.38. The summed E-state index contributed by atoms with van der Waals surface area (Å²) in [7, 11) is 0. The van der Waals surface area contributed by atoms with Crippen LogP contribution in [-0.2, 0) is 0 Å². The van der Waals surface area contributed by atoms with E-state index in [9.17, 15) is 0 Å².